The second-order valence-corrected chi connectivity index (χ2v) is 19.7. The zero-order valence-electron chi connectivity index (χ0n) is 30.4. The third-order valence-electron chi connectivity index (χ3n) is 11.6. The highest BCUT2D eigenvalue weighted by molar-refractivity contribution is 8.00. The largest absolute Gasteiger partial charge is 0.309 e. The molecule has 3 heteroatoms. The number of nitrogens with zero attached hydrogens (tertiary/aromatic N) is 1. The van der Waals surface area contributed by atoms with Crippen LogP contribution in [0.4, 0.5) is 17.1 Å². The maximum Gasteiger partial charge on any atom is 0.181 e. The molecular formula is C51H39NSSi. The van der Waals surface area contributed by atoms with Gasteiger partial charge in [0.25, 0.3) is 0 Å². The summed E-state index contributed by atoms with van der Waals surface area (Å²) in [4.78, 5) is 5.18. The number of hydrogen-bond acceptors (Lipinski definition) is 2. The molecule has 0 saturated heterocycles. The molecule has 0 unspecified atom stereocenters. The van der Waals surface area contributed by atoms with Gasteiger partial charge in [-0.25, -0.2) is 0 Å². The zero-order valence-corrected chi connectivity index (χ0v) is 32.2. The van der Waals surface area contributed by atoms with Crippen LogP contribution in [0.5, 0.6) is 0 Å². The molecule has 0 spiro atoms. The Morgan fingerprint density at radius 3 is 1.72 bits per heavy atom. The van der Waals surface area contributed by atoms with Crippen LogP contribution in [0.3, 0.4) is 0 Å². The Balaban J connectivity index is 1.24. The van der Waals surface area contributed by atoms with E-state index >= 15 is 0 Å². The standard InChI is InChI=1S/C51H39NSSi/c1-51(2)44-24-13-12-23-42(44)43-34-33-39(35-45(43)51)52(38-31-29-37(30-32-38)36-17-6-3-7-18-36)46-25-16-28-49-50(46)53-47-26-14-15-27-48(47)54(49,40-19-8-4-9-20-40)41-21-10-5-11-22-41/h3-35H,1-2H3. The Bertz CT molecular complexity index is 2610. The van der Waals surface area contributed by atoms with Crippen LogP contribution in [-0.2, 0) is 5.41 Å². The van der Waals surface area contributed by atoms with E-state index in [1.54, 1.807) is 0 Å². The molecule has 0 bridgehead atoms. The first kappa shape index (κ1) is 32.8. The first-order chi connectivity index (χ1) is 26.5. The molecule has 0 aromatic heterocycles. The molecule has 0 amide bonds. The highest BCUT2D eigenvalue weighted by atomic mass is 32.2. The van der Waals surface area contributed by atoms with Crippen molar-refractivity contribution in [1.82, 2.24) is 0 Å². The molecule has 0 fully saturated rings. The van der Waals surface area contributed by atoms with Crippen molar-refractivity contribution in [2.24, 2.45) is 0 Å². The molecule has 0 saturated carbocycles. The van der Waals surface area contributed by atoms with E-state index in [1.165, 1.54) is 75.3 Å². The molecular weight excluding hydrogens is 687 g/mol. The molecule has 1 aliphatic carbocycles. The molecule has 0 radical (unpaired) electrons. The number of hydrogen-bond donors (Lipinski definition) is 0. The van der Waals surface area contributed by atoms with Gasteiger partial charge >= 0.3 is 0 Å². The van der Waals surface area contributed by atoms with Gasteiger partial charge in [0.1, 0.15) is 0 Å². The first-order valence-electron chi connectivity index (χ1n) is 18.8. The fourth-order valence-corrected chi connectivity index (χ4v) is 16.2. The highest BCUT2D eigenvalue weighted by Crippen LogP contribution is 2.51. The van der Waals surface area contributed by atoms with Crippen molar-refractivity contribution in [2.75, 3.05) is 4.90 Å². The summed E-state index contributed by atoms with van der Waals surface area (Å²) in [7, 11) is -2.74. The summed E-state index contributed by atoms with van der Waals surface area (Å²) in [5.74, 6) is 0. The van der Waals surface area contributed by atoms with Gasteiger partial charge in [-0.1, -0.05) is 189 Å². The van der Waals surface area contributed by atoms with Crippen LogP contribution in [0.25, 0.3) is 22.3 Å². The smallest absolute Gasteiger partial charge is 0.181 e. The summed E-state index contributed by atoms with van der Waals surface area (Å²) in [5, 5.41) is 5.69. The Labute approximate surface area is 323 Å². The number of anilines is 3. The van der Waals surface area contributed by atoms with Crippen LogP contribution in [0, 0.1) is 0 Å². The van der Waals surface area contributed by atoms with Gasteiger partial charge in [-0.15, -0.1) is 0 Å². The van der Waals surface area contributed by atoms with E-state index in [2.05, 4.69) is 219 Å². The Hall–Kier alpha value is -5.87. The Kier molecular flexibility index (Phi) is 7.83. The summed E-state index contributed by atoms with van der Waals surface area (Å²) in [5.41, 5.74) is 11.3. The van der Waals surface area contributed by atoms with Gasteiger partial charge in [0.2, 0.25) is 0 Å². The SMILES string of the molecule is CC1(C)c2ccccc2-c2ccc(N(c3ccc(-c4ccccc4)cc3)c3cccc4c3Sc3ccccc3[Si]4(c3ccccc3)c3ccccc3)cc21. The second-order valence-electron chi connectivity index (χ2n) is 14.9. The van der Waals surface area contributed by atoms with Gasteiger partial charge < -0.3 is 4.90 Å². The van der Waals surface area contributed by atoms with Gasteiger partial charge in [-0.3, -0.25) is 0 Å². The predicted molar refractivity (Wildman–Crippen MR) is 232 cm³/mol. The molecule has 0 atom stereocenters. The monoisotopic (exact) mass is 725 g/mol. The minimum atomic E-state index is -2.74. The normalized spacial score (nSPS) is 14.3. The van der Waals surface area contributed by atoms with Crippen molar-refractivity contribution < 1.29 is 0 Å². The summed E-state index contributed by atoms with van der Waals surface area (Å²) < 4.78 is 0. The van der Waals surface area contributed by atoms with E-state index in [-0.39, 0.29) is 5.41 Å². The van der Waals surface area contributed by atoms with Crippen LogP contribution >= 0.6 is 11.8 Å². The quantitative estimate of drug-likeness (QED) is 0.157. The second kappa shape index (κ2) is 12.9. The zero-order chi connectivity index (χ0) is 36.3. The molecule has 10 rings (SSSR count). The maximum atomic E-state index is 2.52. The average molecular weight is 726 g/mol. The lowest BCUT2D eigenvalue weighted by Gasteiger charge is -2.41. The summed E-state index contributed by atoms with van der Waals surface area (Å²) >= 11 is 1.93. The molecule has 8 aromatic rings. The van der Waals surface area contributed by atoms with E-state index < -0.39 is 8.07 Å². The van der Waals surface area contributed by atoms with Gasteiger partial charge in [-0.05, 0) is 90.5 Å². The number of rotatable bonds is 6. The van der Waals surface area contributed by atoms with Crippen molar-refractivity contribution in [3.63, 3.8) is 0 Å². The molecule has 8 aromatic carbocycles. The van der Waals surface area contributed by atoms with E-state index in [0.29, 0.717) is 0 Å². The van der Waals surface area contributed by atoms with E-state index in [4.69, 9.17) is 0 Å². The molecule has 258 valence electrons. The van der Waals surface area contributed by atoms with Crippen LogP contribution in [0.2, 0.25) is 0 Å². The third-order valence-corrected chi connectivity index (χ3v) is 18.1. The molecule has 2 aliphatic rings. The fraction of sp³-hybridized carbons (Fsp3) is 0.0588. The molecule has 1 aliphatic heterocycles. The van der Waals surface area contributed by atoms with Crippen LogP contribution < -0.4 is 25.6 Å². The lowest BCUT2D eigenvalue weighted by atomic mass is 9.82. The van der Waals surface area contributed by atoms with Crippen molar-refractivity contribution in [1.29, 1.82) is 0 Å². The van der Waals surface area contributed by atoms with E-state index in [1.807, 2.05) is 11.8 Å². The van der Waals surface area contributed by atoms with Crippen LogP contribution in [0.15, 0.2) is 210 Å². The third kappa shape index (κ3) is 5.00. The maximum absolute atomic E-state index is 2.74. The first-order valence-corrected chi connectivity index (χ1v) is 21.6. The van der Waals surface area contributed by atoms with Crippen molar-refractivity contribution in [2.45, 2.75) is 29.1 Å². The topological polar surface area (TPSA) is 3.24 Å². The lowest BCUT2D eigenvalue weighted by molar-refractivity contribution is 0.660. The van der Waals surface area contributed by atoms with Crippen molar-refractivity contribution in [3.8, 4) is 22.3 Å². The van der Waals surface area contributed by atoms with Crippen molar-refractivity contribution >= 4 is 57.6 Å². The summed E-state index contributed by atoms with van der Waals surface area (Å²) in [6.45, 7) is 4.74. The minimum absolute atomic E-state index is 0.114. The molecule has 1 heterocycles. The molecule has 54 heavy (non-hydrogen) atoms. The Morgan fingerprint density at radius 2 is 1.00 bits per heavy atom. The van der Waals surface area contributed by atoms with Gasteiger partial charge in [0, 0.05) is 26.6 Å². The van der Waals surface area contributed by atoms with Crippen LogP contribution in [0.1, 0.15) is 25.0 Å². The molecule has 0 N–H and O–H groups in total. The lowest BCUT2D eigenvalue weighted by Crippen LogP contribution is -2.76. The van der Waals surface area contributed by atoms with Gasteiger partial charge in [0.05, 0.1) is 5.69 Å². The Morgan fingerprint density at radius 1 is 0.444 bits per heavy atom. The fourth-order valence-electron chi connectivity index (χ4n) is 9.08. The summed E-state index contributed by atoms with van der Waals surface area (Å²) in [6, 6.07) is 74.7. The number of fused-ring (bicyclic) bond motifs is 5. The van der Waals surface area contributed by atoms with Gasteiger partial charge in [-0.2, -0.15) is 0 Å². The molecule has 1 nitrogen and oxygen atoms in total. The number of benzene rings is 8. The predicted octanol–water partition coefficient (Wildman–Crippen LogP) is 11.0. The van der Waals surface area contributed by atoms with Gasteiger partial charge in [0.15, 0.2) is 8.07 Å². The average Bonchev–Trinajstić information content (AvgIpc) is 3.47. The highest BCUT2D eigenvalue weighted by Gasteiger charge is 2.48. The summed E-state index contributed by atoms with van der Waals surface area (Å²) in [6.07, 6.45) is 0. The minimum Gasteiger partial charge on any atom is -0.309 e. The van der Waals surface area contributed by atoms with Crippen LogP contribution in [-0.4, -0.2) is 8.07 Å². The van der Waals surface area contributed by atoms with E-state index in [9.17, 15) is 0 Å². The van der Waals surface area contributed by atoms with Crippen molar-refractivity contribution in [3.05, 3.63) is 211 Å². The van der Waals surface area contributed by atoms with E-state index in [0.717, 1.165) is 5.69 Å².